The monoisotopic (exact) mass is 597 g/mol. The number of carbonyl (C=O) groups excluding carboxylic acids is 2. The molecule has 11 heteroatoms. The first-order chi connectivity index (χ1) is 19.6. The summed E-state index contributed by atoms with van der Waals surface area (Å²) in [4.78, 5) is 30.2. The van der Waals surface area contributed by atoms with Crippen LogP contribution in [-0.2, 0) is 11.3 Å². The van der Waals surface area contributed by atoms with E-state index in [1.54, 1.807) is 43.5 Å². The summed E-state index contributed by atoms with van der Waals surface area (Å²) in [5.41, 5.74) is 2.90. The molecule has 3 N–H and O–H groups in total. The summed E-state index contributed by atoms with van der Waals surface area (Å²) in [5, 5.41) is 9.08. The second-order valence-electron chi connectivity index (χ2n) is 12.2. The van der Waals surface area contributed by atoms with Crippen molar-refractivity contribution in [2.75, 3.05) is 10.6 Å². The summed E-state index contributed by atoms with van der Waals surface area (Å²) < 4.78 is 33.4. The molecular formula is C31H37F2N5O3S. The van der Waals surface area contributed by atoms with Crippen LogP contribution in [0.5, 0.6) is 0 Å². The van der Waals surface area contributed by atoms with Crippen LogP contribution < -0.4 is 16.0 Å². The number of thiophene rings is 1. The number of alkyl halides is 2. The summed E-state index contributed by atoms with van der Waals surface area (Å²) in [6.45, 7) is 14.6. The standard InChI is InChI=1S/C31H37F2N5O3S/c1-18(30(2,3)4)34-17-19-11-12-23-22(15-19)36-28(37-27(39)25-14-13-24(42-25)26(32)33)38(23)21-10-8-9-20(16-21)35-29(40)41-31(5,6)7/h8-16,18,26,34H,17H2,1-7H3,(H,35,40)(H,36,37,39)/t18-/m0/s1. The minimum Gasteiger partial charge on any atom is -0.444 e. The van der Waals surface area contributed by atoms with Crippen molar-refractivity contribution in [3.8, 4) is 5.69 Å². The number of carbonyl (C=O) groups is 2. The molecule has 4 aromatic rings. The number of nitrogens with one attached hydrogen (secondary N) is 3. The van der Waals surface area contributed by atoms with E-state index in [4.69, 9.17) is 9.72 Å². The third-order valence-corrected chi connectivity index (χ3v) is 7.76. The quantitative estimate of drug-likeness (QED) is 0.190. The van der Waals surface area contributed by atoms with Crippen molar-refractivity contribution in [3.63, 3.8) is 0 Å². The fourth-order valence-electron chi connectivity index (χ4n) is 4.06. The Morgan fingerprint density at radius 2 is 1.74 bits per heavy atom. The van der Waals surface area contributed by atoms with Crippen molar-refractivity contribution in [3.05, 3.63) is 69.9 Å². The molecule has 0 unspecified atom stereocenters. The van der Waals surface area contributed by atoms with Gasteiger partial charge in [0.2, 0.25) is 5.95 Å². The van der Waals surface area contributed by atoms with E-state index in [1.807, 2.05) is 24.3 Å². The van der Waals surface area contributed by atoms with Gasteiger partial charge in [-0.3, -0.25) is 20.0 Å². The molecule has 1 atom stereocenters. The average Bonchev–Trinajstić information content (AvgIpc) is 3.50. The smallest absolute Gasteiger partial charge is 0.412 e. The van der Waals surface area contributed by atoms with Gasteiger partial charge in [0.1, 0.15) is 5.60 Å². The first kappa shape index (κ1) is 31.1. The van der Waals surface area contributed by atoms with Crippen LogP contribution in [0.3, 0.4) is 0 Å². The maximum atomic E-state index is 13.1. The Morgan fingerprint density at radius 1 is 1.00 bits per heavy atom. The van der Waals surface area contributed by atoms with Crippen molar-refractivity contribution in [2.45, 2.75) is 73.1 Å². The highest BCUT2D eigenvalue weighted by Gasteiger charge is 2.22. The second-order valence-corrected chi connectivity index (χ2v) is 13.3. The van der Waals surface area contributed by atoms with Gasteiger partial charge < -0.3 is 10.1 Å². The minimum atomic E-state index is -2.66. The normalized spacial score (nSPS) is 12.9. The third kappa shape index (κ3) is 7.71. The molecule has 0 spiro atoms. The van der Waals surface area contributed by atoms with Gasteiger partial charge in [0.15, 0.2) is 0 Å². The highest BCUT2D eigenvalue weighted by molar-refractivity contribution is 7.14. The molecule has 8 nitrogen and oxygen atoms in total. The van der Waals surface area contributed by atoms with Crippen molar-refractivity contribution in [1.82, 2.24) is 14.9 Å². The predicted molar refractivity (Wildman–Crippen MR) is 164 cm³/mol. The summed E-state index contributed by atoms with van der Waals surface area (Å²) in [7, 11) is 0. The Labute approximate surface area is 248 Å². The number of aromatic nitrogens is 2. The number of rotatable bonds is 8. The number of imidazole rings is 1. The number of fused-ring (bicyclic) bond motifs is 1. The minimum absolute atomic E-state index is 0.0907. The van der Waals surface area contributed by atoms with E-state index < -0.39 is 24.0 Å². The molecule has 0 aliphatic heterocycles. The SMILES string of the molecule is C[C@H](NCc1ccc2c(c1)nc(NC(=O)c1ccc(C(F)F)s1)n2-c1cccc(NC(=O)OC(C)(C)C)c1)C(C)(C)C. The predicted octanol–water partition coefficient (Wildman–Crippen LogP) is 8.15. The van der Waals surface area contributed by atoms with Crippen LogP contribution in [0.25, 0.3) is 16.7 Å². The van der Waals surface area contributed by atoms with Crippen molar-refractivity contribution in [1.29, 1.82) is 0 Å². The average molecular weight is 598 g/mol. The fourth-order valence-corrected chi connectivity index (χ4v) is 4.82. The van der Waals surface area contributed by atoms with E-state index >= 15 is 0 Å². The number of halogens is 2. The molecule has 4 rings (SSSR count). The zero-order chi connectivity index (χ0) is 30.8. The van der Waals surface area contributed by atoms with Crippen LogP contribution in [0.1, 0.15) is 75.0 Å². The lowest BCUT2D eigenvalue weighted by Gasteiger charge is -2.28. The van der Waals surface area contributed by atoms with Gasteiger partial charge in [0, 0.05) is 18.3 Å². The summed E-state index contributed by atoms with van der Waals surface area (Å²) in [6, 6.07) is 15.8. The summed E-state index contributed by atoms with van der Waals surface area (Å²) >= 11 is 0.735. The zero-order valence-corrected chi connectivity index (χ0v) is 25.7. The van der Waals surface area contributed by atoms with E-state index in [0.717, 1.165) is 16.9 Å². The Hall–Kier alpha value is -3.83. The number of benzene rings is 2. The first-order valence-corrected chi connectivity index (χ1v) is 14.5. The molecule has 2 aromatic heterocycles. The van der Waals surface area contributed by atoms with E-state index in [0.29, 0.717) is 29.0 Å². The molecule has 0 saturated heterocycles. The van der Waals surface area contributed by atoms with E-state index in [9.17, 15) is 18.4 Å². The van der Waals surface area contributed by atoms with Gasteiger partial charge in [-0.25, -0.2) is 18.6 Å². The number of amides is 2. The van der Waals surface area contributed by atoms with Crippen molar-refractivity contribution < 1.29 is 23.1 Å². The summed E-state index contributed by atoms with van der Waals surface area (Å²) in [5.74, 6) is -0.336. The molecule has 0 saturated carbocycles. The van der Waals surface area contributed by atoms with Gasteiger partial charge in [-0.05, 0) is 81.1 Å². The van der Waals surface area contributed by atoms with Gasteiger partial charge in [0.05, 0.1) is 26.5 Å². The van der Waals surface area contributed by atoms with Crippen LogP contribution in [0, 0.1) is 5.41 Å². The topological polar surface area (TPSA) is 97.3 Å². The molecule has 0 aliphatic carbocycles. The molecule has 224 valence electrons. The number of ether oxygens (including phenoxy) is 1. The molecule has 2 amide bonds. The Bertz CT molecular complexity index is 1580. The second kappa shape index (κ2) is 12.2. The highest BCUT2D eigenvalue weighted by atomic mass is 32.1. The lowest BCUT2D eigenvalue weighted by molar-refractivity contribution is 0.0635. The number of anilines is 2. The Balaban J connectivity index is 1.71. The largest absolute Gasteiger partial charge is 0.444 e. The summed E-state index contributed by atoms with van der Waals surface area (Å²) in [6.07, 6.45) is -3.26. The maximum absolute atomic E-state index is 13.1. The lowest BCUT2D eigenvalue weighted by atomic mass is 9.88. The van der Waals surface area contributed by atoms with Crippen molar-refractivity contribution in [2.24, 2.45) is 5.41 Å². The molecule has 0 fully saturated rings. The molecule has 42 heavy (non-hydrogen) atoms. The van der Waals surface area contributed by atoms with Gasteiger partial charge in [-0.15, -0.1) is 11.3 Å². The molecule has 2 heterocycles. The van der Waals surface area contributed by atoms with Crippen LogP contribution in [0.2, 0.25) is 0 Å². The third-order valence-electron chi connectivity index (χ3n) is 6.67. The zero-order valence-electron chi connectivity index (χ0n) is 24.8. The van der Waals surface area contributed by atoms with Crippen LogP contribution in [0.15, 0.2) is 54.6 Å². The molecule has 0 aliphatic rings. The Kier molecular flexibility index (Phi) is 9.03. The molecule has 0 radical (unpaired) electrons. The number of hydrogen-bond donors (Lipinski definition) is 3. The first-order valence-electron chi connectivity index (χ1n) is 13.6. The van der Waals surface area contributed by atoms with E-state index in [-0.39, 0.29) is 27.2 Å². The molecule has 2 aromatic carbocycles. The molecular weight excluding hydrogens is 560 g/mol. The van der Waals surface area contributed by atoms with Gasteiger partial charge in [-0.2, -0.15) is 0 Å². The fraction of sp³-hybridized carbons (Fsp3) is 0.387. The maximum Gasteiger partial charge on any atom is 0.412 e. The number of hydrogen-bond acceptors (Lipinski definition) is 6. The van der Waals surface area contributed by atoms with Gasteiger partial charge in [-0.1, -0.05) is 32.9 Å². The van der Waals surface area contributed by atoms with Crippen molar-refractivity contribution >= 4 is 46.0 Å². The molecule has 0 bridgehead atoms. The van der Waals surface area contributed by atoms with Crippen LogP contribution in [0.4, 0.5) is 25.2 Å². The van der Waals surface area contributed by atoms with E-state index in [1.165, 1.54) is 12.1 Å². The van der Waals surface area contributed by atoms with Gasteiger partial charge in [0.25, 0.3) is 12.3 Å². The number of nitrogens with zero attached hydrogens (tertiary/aromatic N) is 2. The van der Waals surface area contributed by atoms with Crippen LogP contribution >= 0.6 is 11.3 Å². The highest BCUT2D eigenvalue weighted by Crippen LogP contribution is 2.30. The Morgan fingerprint density at radius 3 is 2.38 bits per heavy atom. The van der Waals surface area contributed by atoms with E-state index in [2.05, 4.69) is 43.6 Å². The lowest BCUT2D eigenvalue weighted by Crippen LogP contribution is -2.37. The van der Waals surface area contributed by atoms with Crippen LogP contribution in [-0.4, -0.2) is 33.2 Å². The van der Waals surface area contributed by atoms with Gasteiger partial charge >= 0.3 is 6.09 Å².